The molecule has 3 atom stereocenters. The Bertz CT molecular complexity index is 206. The molecule has 0 saturated carbocycles. The molecule has 1 fully saturated rings. The molecule has 1 saturated heterocycles. The molecular formula is C14H29NO2. The smallest absolute Gasteiger partial charge is 0.0814 e. The predicted molar refractivity (Wildman–Crippen MR) is 71.3 cm³/mol. The first kappa shape index (κ1) is 14.9. The summed E-state index contributed by atoms with van der Waals surface area (Å²) in [4.78, 5) is 0. The van der Waals surface area contributed by atoms with Crippen molar-refractivity contribution in [3.05, 3.63) is 0 Å². The molecule has 0 spiro atoms. The SMILES string of the molecule is CC(C)NCC1CCC(COC(C)C(C)C)O1. The molecule has 0 radical (unpaired) electrons. The van der Waals surface area contributed by atoms with Gasteiger partial charge in [0.1, 0.15) is 0 Å². The van der Waals surface area contributed by atoms with Crippen LogP contribution in [0.1, 0.15) is 47.5 Å². The van der Waals surface area contributed by atoms with Gasteiger partial charge in [-0.3, -0.25) is 0 Å². The van der Waals surface area contributed by atoms with Crippen molar-refractivity contribution >= 4 is 0 Å². The van der Waals surface area contributed by atoms with E-state index in [0.29, 0.717) is 30.3 Å². The Hall–Kier alpha value is -0.120. The van der Waals surface area contributed by atoms with Gasteiger partial charge in [-0.25, -0.2) is 0 Å². The molecule has 0 amide bonds. The van der Waals surface area contributed by atoms with E-state index in [2.05, 4.69) is 39.9 Å². The Morgan fingerprint density at radius 2 is 1.76 bits per heavy atom. The van der Waals surface area contributed by atoms with Crippen LogP contribution in [0.5, 0.6) is 0 Å². The first-order valence-electron chi connectivity index (χ1n) is 6.99. The summed E-state index contributed by atoms with van der Waals surface area (Å²) in [6.07, 6.45) is 3.29. The Morgan fingerprint density at radius 1 is 1.12 bits per heavy atom. The van der Waals surface area contributed by atoms with Gasteiger partial charge >= 0.3 is 0 Å². The molecule has 3 unspecified atom stereocenters. The summed E-state index contributed by atoms with van der Waals surface area (Å²) < 4.78 is 11.8. The fourth-order valence-electron chi connectivity index (χ4n) is 1.87. The summed E-state index contributed by atoms with van der Waals surface area (Å²) in [7, 11) is 0. The van der Waals surface area contributed by atoms with Crippen LogP contribution >= 0.6 is 0 Å². The third-order valence-corrected chi connectivity index (χ3v) is 3.43. The average Bonchev–Trinajstić information content (AvgIpc) is 2.70. The van der Waals surface area contributed by atoms with Crippen LogP contribution < -0.4 is 5.32 Å². The average molecular weight is 243 g/mol. The zero-order valence-electron chi connectivity index (χ0n) is 12.0. The topological polar surface area (TPSA) is 30.5 Å². The molecule has 102 valence electrons. The van der Waals surface area contributed by atoms with E-state index in [-0.39, 0.29) is 0 Å². The second-order valence-corrected chi connectivity index (χ2v) is 5.80. The molecule has 0 aliphatic carbocycles. The maximum atomic E-state index is 5.95. The molecule has 1 heterocycles. The number of rotatable bonds is 7. The van der Waals surface area contributed by atoms with Crippen molar-refractivity contribution in [2.24, 2.45) is 5.92 Å². The Balaban J connectivity index is 2.13. The van der Waals surface area contributed by atoms with Crippen molar-refractivity contribution in [2.75, 3.05) is 13.2 Å². The van der Waals surface area contributed by atoms with Gasteiger partial charge in [0.05, 0.1) is 24.9 Å². The summed E-state index contributed by atoms with van der Waals surface area (Å²) in [6.45, 7) is 12.6. The van der Waals surface area contributed by atoms with E-state index in [0.717, 1.165) is 26.0 Å². The van der Waals surface area contributed by atoms with Crippen molar-refractivity contribution < 1.29 is 9.47 Å². The van der Waals surface area contributed by atoms with Crippen LogP contribution in [0.4, 0.5) is 0 Å². The Morgan fingerprint density at radius 3 is 2.35 bits per heavy atom. The second kappa shape index (κ2) is 7.34. The van der Waals surface area contributed by atoms with Crippen LogP contribution in [0.25, 0.3) is 0 Å². The van der Waals surface area contributed by atoms with Crippen LogP contribution in [-0.4, -0.2) is 37.5 Å². The van der Waals surface area contributed by atoms with Crippen molar-refractivity contribution in [3.8, 4) is 0 Å². The van der Waals surface area contributed by atoms with Gasteiger partial charge in [-0.1, -0.05) is 27.7 Å². The van der Waals surface area contributed by atoms with Crippen LogP contribution in [0.2, 0.25) is 0 Å². The molecule has 0 aromatic heterocycles. The normalized spacial score (nSPS) is 27.0. The lowest BCUT2D eigenvalue weighted by molar-refractivity contribution is -0.0476. The minimum atomic E-state index is 0.301. The first-order valence-corrected chi connectivity index (χ1v) is 6.99. The van der Waals surface area contributed by atoms with Crippen LogP contribution in [0.3, 0.4) is 0 Å². The number of hydrogen-bond donors (Lipinski definition) is 1. The lowest BCUT2D eigenvalue weighted by atomic mass is 10.1. The number of ether oxygens (including phenoxy) is 2. The van der Waals surface area contributed by atoms with Crippen molar-refractivity contribution in [2.45, 2.75) is 71.8 Å². The van der Waals surface area contributed by atoms with Gasteiger partial charge < -0.3 is 14.8 Å². The molecule has 3 heteroatoms. The van der Waals surface area contributed by atoms with Gasteiger partial charge in [0, 0.05) is 12.6 Å². The van der Waals surface area contributed by atoms with Crippen molar-refractivity contribution in [1.82, 2.24) is 5.32 Å². The van der Waals surface area contributed by atoms with Crippen LogP contribution in [-0.2, 0) is 9.47 Å². The van der Waals surface area contributed by atoms with Gasteiger partial charge in [0.2, 0.25) is 0 Å². The molecule has 1 rings (SSSR count). The summed E-state index contributed by atoms with van der Waals surface area (Å²) in [5.41, 5.74) is 0. The van der Waals surface area contributed by atoms with Gasteiger partial charge in [0.15, 0.2) is 0 Å². The van der Waals surface area contributed by atoms with Crippen LogP contribution in [0, 0.1) is 5.92 Å². The highest BCUT2D eigenvalue weighted by atomic mass is 16.5. The van der Waals surface area contributed by atoms with Gasteiger partial charge in [-0.15, -0.1) is 0 Å². The molecule has 1 aliphatic rings. The lowest BCUT2D eigenvalue weighted by Gasteiger charge is -2.20. The minimum absolute atomic E-state index is 0.301. The minimum Gasteiger partial charge on any atom is -0.376 e. The molecule has 0 bridgehead atoms. The number of hydrogen-bond acceptors (Lipinski definition) is 3. The molecular weight excluding hydrogens is 214 g/mol. The summed E-state index contributed by atoms with van der Waals surface area (Å²) >= 11 is 0. The van der Waals surface area contributed by atoms with Crippen molar-refractivity contribution in [3.63, 3.8) is 0 Å². The standard InChI is InChI=1S/C14H29NO2/c1-10(2)12(5)16-9-14-7-6-13(17-14)8-15-11(3)4/h10-15H,6-9H2,1-5H3. The van der Waals surface area contributed by atoms with E-state index in [9.17, 15) is 0 Å². The molecule has 17 heavy (non-hydrogen) atoms. The van der Waals surface area contributed by atoms with Crippen molar-refractivity contribution in [1.29, 1.82) is 0 Å². The highest BCUT2D eigenvalue weighted by Gasteiger charge is 2.25. The van der Waals surface area contributed by atoms with E-state index in [1.54, 1.807) is 0 Å². The number of nitrogens with one attached hydrogen (secondary N) is 1. The summed E-state index contributed by atoms with van der Waals surface area (Å²) in [5, 5.41) is 3.43. The summed E-state index contributed by atoms with van der Waals surface area (Å²) in [6, 6.07) is 0.537. The molecule has 1 aliphatic heterocycles. The highest BCUT2D eigenvalue weighted by Crippen LogP contribution is 2.20. The Kier molecular flexibility index (Phi) is 6.45. The third-order valence-electron chi connectivity index (χ3n) is 3.43. The second-order valence-electron chi connectivity index (χ2n) is 5.80. The third kappa shape index (κ3) is 5.84. The van der Waals surface area contributed by atoms with Gasteiger partial charge in [0.25, 0.3) is 0 Å². The van der Waals surface area contributed by atoms with E-state index < -0.39 is 0 Å². The zero-order chi connectivity index (χ0) is 12.8. The van der Waals surface area contributed by atoms with Gasteiger partial charge in [-0.05, 0) is 25.7 Å². The fourth-order valence-corrected chi connectivity index (χ4v) is 1.87. The lowest BCUT2D eigenvalue weighted by Crippen LogP contribution is -2.32. The first-order chi connectivity index (χ1) is 7.99. The summed E-state index contributed by atoms with van der Waals surface area (Å²) in [5.74, 6) is 0.579. The monoisotopic (exact) mass is 243 g/mol. The maximum Gasteiger partial charge on any atom is 0.0814 e. The van der Waals surface area contributed by atoms with E-state index in [1.165, 1.54) is 0 Å². The van der Waals surface area contributed by atoms with E-state index >= 15 is 0 Å². The quantitative estimate of drug-likeness (QED) is 0.745. The zero-order valence-corrected chi connectivity index (χ0v) is 12.0. The highest BCUT2D eigenvalue weighted by molar-refractivity contribution is 4.76. The van der Waals surface area contributed by atoms with E-state index in [4.69, 9.17) is 9.47 Å². The van der Waals surface area contributed by atoms with Crippen LogP contribution in [0.15, 0.2) is 0 Å². The molecule has 0 aromatic rings. The van der Waals surface area contributed by atoms with E-state index in [1.807, 2.05) is 0 Å². The molecule has 1 N–H and O–H groups in total. The predicted octanol–water partition coefficient (Wildman–Crippen LogP) is 2.59. The fraction of sp³-hybridized carbons (Fsp3) is 1.00. The van der Waals surface area contributed by atoms with Gasteiger partial charge in [-0.2, -0.15) is 0 Å². The largest absolute Gasteiger partial charge is 0.376 e. The Labute approximate surface area is 106 Å². The maximum absolute atomic E-state index is 5.95. The molecule has 3 nitrogen and oxygen atoms in total. The molecule has 0 aromatic carbocycles.